The van der Waals surface area contributed by atoms with Gasteiger partial charge < -0.3 is 10.4 Å². The van der Waals surface area contributed by atoms with Crippen LogP contribution < -0.4 is 5.32 Å². The molecule has 0 fully saturated rings. The van der Waals surface area contributed by atoms with Gasteiger partial charge in [-0.2, -0.15) is 0 Å². The van der Waals surface area contributed by atoms with Gasteiger partial charge in [0.2, 0.25) is 0 Å². The smallest absolute Gasteiger partial charge is 0.147 e. The maximum absolute atomic E-state index is 9.52. The Hall–Kier alpha value is -1.16. The van der Waals surface area contributed by atoms with Crippen molar-refractivity contribution in [2.45, 2.75) is 39.3 Å². The molecule has 1 atom stereocenters. The van der Waals surface area contributed by atoms with Crippen LogP contribution in [0.25, 0.3) is 0 Å². The molecule has 0 radical (unpaired) electrons. The Morgan fingerprint density at radius 3 is 2.43 bits per heavy atom. The molecule has 0 bridgehead atoms. The highest BCUT2D eigenvalue weighted by molar-refractivity contribution is 5.41. The number of aryl methyl sites for hydroxylation is 1. The first-order valence-electron chi connectivity index (χ1n) is 4.67. The molecular formula is C10H17N3O. The lowest BCUT2D eigenvalue weighted by atomic mass is 9.99. The van der Waals surface area contributed by atoms with Crippen LogP contribution in [0, 0.1) is 6.92 Å². The van der Waals surface area contributed by atoms with E-state index < -0.39 is 11.6 Å². The number of aromatic nitrogens is 2. The number of nitrogens with zero attached hydrogens (tertiary/aromatic N) is 2. The van der Waals surface area contributed by atoms with E-state index in [1.807, 2.05) is 20.8 Å². The maximum atomic E-state index is 9.52. The molecule has 0 saturated carbocycles. The van der Waals surface area contributed by atoms with Gasteiger partial charge in [0.05, 0.1) is 17.3 Å². The van der Waals surface area contributed by atoms with Crippen molar-refractivity contribution < 1.29 is 5.11 Å². The Morgan fingerprint density at radius 2 is 1.93 bits per heavy atom. The fourth-order valence-corrected chi connectivity index (χ4v) is 0.940. The first kappa shape index (κ1) is 10.9. The molecule has 4 heteroatoms. The van der Waals surface area contributed by atoms with E-state index in [9.17, 15) is 5.11 Å². The molecule has 0 spiro atoms. The third kappa shape index (κ3) is 2.42. The van der Waals surface area contributed by atoms with E-state index in [4.69, 9.17) is 0 Å². The van der Waals surface area contributed by atoms with Crippen molar-refractivity contribution in [3.05, 3.63) is 18.1 Å². The molecule has 0 aliphatic rings. The fraction of sp³-hybridized carbons (Fsp3) is 0.600. The van der Waals surface area contributed by atoms with Crippen LogP contribution in [-0.4, -0.2) is 26.7 Å². The van der Waals surface area contributed by atoms with E-state index in [1.165, 1.54) is 0 Å². The molecule has 2 N–H and O–H groups in total. The van der Waals surface area contributed by atoms with Gasteiger partial charge in [-0.1, -0.05) is 0 Å². The number of aliphatic hydroxyl groups is 1. The van der Waals surface area contributed by atoms with E-state index in [1.54, 1.807) is 19.3 Å². The second kappa shape index (κ2) is 3.92. The lowest BCUT2D eigenvalue weighted by molar-refractivity contribution is 0.133. The monoisotopic (exact) mass is 195 g/mol. The predicted molar refractivity (Wildman–Crippen MR) is 56.2 cm³/mol. The van der Waals surface area contributed by atoms with Gasteiger partial charge in [-0.25, -0.2) is 4.98 Å². The molecule has 1 unspecified atom stereocenters. The third-order valence-electron chi connectivity index (χ3n) is 2.37. The Balaban J connectivity index is 2.84. The highest BCUT2D eigenvalue weighted by Gasteiger charge is 2.24. The van der Waals surface area contributed by atoms with Crippen LogP contribution >= 0.6 is 0 Å². The molecule has 1 aromatic heterocycles. The zero-order valence-corrected chi connectivity index (χ0v) is 9.07. The van der Waals surface area contributed by atoms with Crippen molar-refractivity contribution in [2.24, 2.45) is 0 Å². The van der Waals surface area contributed by atoms with E-state index in [-0.39, 0.29) is 0 Å². The zero-order chi connectivity index (χ0) is 10.8. The minimum Gasteiger partial charge on any atom is -0.391 e. The van der Waals surface area contributed by atoms with Crippen molar-refractivity contribution in [1.29, 1.82) is 0 Å². The van der Waals surface area contributed by atoms with Crippen LogP contribution in [0.4, 0.5) is 5.82 Å². The summed E-state index contributed by atoms with van der Waals surface area (Å²) in [4.78, 5) is 8.28. The fourth-order valence-electron chi connectivity index (χ4n) is 0.940. The molecular weight excluding hydrogens is 178 g/mol. The Labute approximate surface area is 84.4 Å². The summed E-state index contributed by atoms with van der Waals surface area (Å²) >= 11 is 0. The lowest BCUT2D eigenvalue weighted by Gasteiger charge is -2.30. The molecule has 1 aromatic rings. The predicted octanol–water partition coefficient (Wildman–Crippen LogP) is 1.36. The first-order chi connectivity index (χ1) is 6.43. The van der Waals surface area contributed by atoms with Crippen LogP contribution in [0.2, 0.25) is 0 Å². The molecule has 0 saturated heterocycles. The second-order valence-electron chi connectivity index (χ2n) is 4.01. The number of hydrogen-bond donors (Lipinski definition) is 2. The standard InChI is InChI=1S/C10H17N3O/c1-7-9(12-6-5-11-7)13-10(3,4)8(2)14/h5-6,8,14H,1-4H3,(H,12,13). The minimum absolute atomic E-state index is 0.402. The number of aliphatic hydroxyl groups excluding tert-OH is 1. The molecule has 0 aliphatic heterocycles. The number of rotatable bonds is 3. The molecule has 4 nitrogen and oxygen atoms in total. The van der Waals surface area contributed by atoms with Crippen LogP contribution in [0.3, 0.4) is 0 Å². The molecule has 14 heavy (non-hydrogen) atoms. The summed E-state index contributed by atoms with van der Waals surface area (Å²) < 4.78 is 0. The Morgan fingerprint density at radius 1 is 1.36 bits per heavy atom. The van der Waals surface area contributed by atoms with Gasteiger partial charge in [0.25, 0.3) is 0 Å². The van der Waals surface area contributed by atoms with Crippen LogP contribution in [0.5, 0.6) is 0 Å². The second-order valence-corrected chi connectivity index (χ2v) is 4.01. The summed E-state index contributed by atoms with van der Waals surface area (Å²) in [5.41, 5.74) is 0.432. The Kier molecular flexibility index (Phi) is 3.06. The summed E-state index contributed by atoms with van der Waals surface area (Å²) in [6, 6.07) is 0. The number of hydrogen-bond acceptors (Lipinski definition) is 4. The van der Waals surface area contributed by atoms with Crippen molar-refractivity contribution in [1.82, 2.24) is 9.97 Å². The first-order valence-corrected chi connectivity index (χ1v) is 4.67. The van der Waals surface area contributed by atoms with Crippen molar-refractivity contribution in [3.63, 3.8) is 0 Å². The topological polar surface area (TPSA) is 58.0 Å². The largest absolute Gasteiger partial charge is 0.391 e. The summed E-state index contributed by atoms with van der Waals surface area (Å²) in [5.74, 6) is 0.721. The molecule has 1 rings (SSSR count). The van der Waals surface area contributed by atoms with E-state index in [0.29, 0.717) is 0 Å². The van der Waals surface area contributed by atoms with Gasteiger partial charge in [-0.15, -0.1) is 0 Å². The third-order valence-corrected chi connectivity index (χ3v) is 2.37. The van der Waals surface area contributed by atoms with E-state index in [0.717, 1.165) is 11.5 Å². The molecule has 0 aliphatic carbocycles. The van der Waals surface area contributed by atoms with Gasteiger partial charge >= 0.3 is 0 Å². The van der Waals surface area contributed by atoms with Gasteiger partial charge in [-0.05, 0) is 27.7 Å². The summed E-state index contributed by atoms with van der Waals surface area (Å²) in [5, 5.41) is 12.7. The molecule has 1 heterocycles. The van der Waals surface area contributed by atoms with Crippen LogP contribution in [-0.2, 0) is 0 Å². The van der Waals surface area contributed by atoms with Gasteiger partial charge in [0.15, 0.2) is 0 Å². The zero-order valence-electron chi connectivity index (χ0n) is 9.07. The molecule has 0 amide bonds. The van der Waals surface area contributed by atoms with Crippen LogP contribution in [0.1, 0.15) is 26.5 Å². The lowest BCUT2D eigenvalue weighted by Crippen LogP contribution is -2.42. The average molecular weight is 195 g/mol. The van der Waals surface area contributed by atoms with E-state index >= 15 is 0 Å². The summed E-state index contributed by atoms with van der Waals surface area (Å²) in [6.07, 6.45) is 2.83. The quantitative estimate of drug-likeness (QED) is 0.764. The highest BCUT2D eigenvalue weighted by Crippen LogP contribution is 2.17. The summed E-state index contributed by atoms with van der Waals surface area (Å²) in [7, 11) is 0. The van der Waals surface area contributed by atoms with Gasteiger partial charge in [0.1, 0.15) is 5.82 Å². The van der Waals surface area contributed by atoms with Crippen LogP contribution in [0.15, 0.2) is 12.4 Å². The van der Waals surface area contributed by atoms with Crippen molar-refractivity contribution >= 4 is 5.82 Å². The number of anilines is 1. The Bertz CT molecular complexity index is 310. The highest BCUT2D eigenvalue weighted by atomic mass is 16.3. The minimum atomic E-state index is -0.455. The SMILES string of the molecule is Cc1nccnc1NC(C)(C)C(C)O. The van der Waals surface area contributed by atoms with Crippen molar-refractivity contribution in [2.75, 3.05) is 5.32 Å². The van der Waals surface area contributed by atoms with E-state index in [2.05, 4.69) is 15.3 Å². The number of nitrogens with one attached hydrogen (secondary N) is 1. The van der Waals surface area contributed by atoms with Crippen molar-refractivity contribution in [3.8, 4) is 0 Å². The summed E-state index contributed by atoms with van der Waals surface area (Å²) in [6.45, 7) is 7.48. The molecule has 78 valence electrons. The van der Waals surface area contributed by atoms with Gasteiger partial charge in [-0.3, -0.25) is 4.98 Å². The van der Waals surface area contributed by atoms with Gasteiger partial charge in [0, 0.05) is 12.4 Å². The molecule has 0 aromatic carbocycles. The maximum Gasteiger partial charge on any atom is 0.147 e. The normalized spacial score (nSPS) is 13.8. The average Bonchev–Trinajstić information content (AvgIpc) is 2.08.